The molecule has 0 aliphatic carbocycles. The maximum Gasteiger partial charge on any atom is 0.405 e. The molecule has 0 saturated heterocycles. The van der Waals surface area contributed by atoms with Gasteiger partial charge in [0.05, 0.1) is 11.5 Å². The van der Waals surface area contributed by atoms with Crippen molar-refractivity contribution in [3.63, 3.8) is 0 Å². The quantitative estimate of drug-likeness (QED) is 0.813. The van der Waals surface area contributed by atoms with Crippen LogP contribution in [0.25, 0.3) is 11.6 Å². The Balaban J connectivity index is 2.06. The number of hydrogen-bond acceptors (Lipinski definition) is 5. The molecule has 6 nitrogen and oxygen atoms in total. The zero-order valence-corrected chi connectivity index (χ0v) is 13.2. The van der Waals surface area contributed by atoms with E-state index in [1.54, 1.807) is 16.7 Å². The van der Waals surface area contributed by atoms with Gasteiger partial charge in [-0.1, -0.05) is 11.8 Å². The van der Waals surface area contributed by atoms with Crippen LogP contribution in [0.2, 0.25) is 0 Å². The van der Waals surface area contributed by atoms with Crippen LogP contribution in [0.5, 0.6) is 0 Å². The largest absolute Gasteiger partial charge is 0.461 e. The highest BCUT2D eigenvalue weighted by molar-refractivity contribution is 8.00. The van der Waals surface area contributed by atoms with E-state index < -0.39 is 23.9 Å². The van der Waals surface area contributed by atoms with Gasteiger partial charge in [-0.2, -0.15) is 13.2 Å². The summed E-state index contributed by atoms with van der Waals surface area (Å²) in [6, 6.07) is 3.44. The summed E-state index contributed by atoms with van der Waals surface area (Å²) in [5.74, 6) is 0.320. The zero-order chi connectivity index (χ0) is 17.0. The highest BCUT2D eigenvalue weighted by atomic mass is 32.2. The fourth-order valence-electron chi connectivity index (χ4n) is 1.79. The van der Waals surface area contributed by atoms with E-state index in [0.717, 1.165) is 11.8 Å². The predicted molar refractivity (Wildman–Crippen MR) is 77.8 cm³/mol. The number of alkyl halides is 3. The third-order valence-electron chi connectivity index (χ3n) is 2.89. The molecule has 0 spiro atoms. The van der Waals surface area contributed by atoms with E-state index in [-0.39, 0.29) is 0 Å². The Labute approximate surface area is 134 Å². The Morgan fingerprint density at radius 3 is 2.78 bits per heavy atom. The Hall–Kier alpha value is -1.97. The maximum atomic E-state index is 12.1. The smallest absolute Gasteiger partial charge is 0.405 e. The molecule has 0 aliphatic heterocycles. The highest BCUT2D eigenvalue weighted by Gasteiger charge is 2.29. The molecule has 0 bridgehead atoms. The monoisotopic (exact) mass is 348 g/mol. The molecule has 1 atom stereocenters. The lowest BCUT2D eigenvalue weighted by atomic mass is 10.4. The van der Waals surface area contributed by atoms with Crippen LogP contribution in [0, 0.1) is 0 Å². The second-order valence-electron chi connectivity index (χ2n) is 4.62. The van der Waals surface area contributed by atoms with Crippen molar-refractivity contribution in [1.82, 2.24) is 20.1 Å². The van der Waals surface area contributed by atoms with Gasteiger partial charge in [0.2, 0.25) is 5.91 Å². The third-order valence-corrected chi connectivity index (χ3v) is 3.97. The fraction of sp³-hybridized carbons (Fsp3) is 0.462. The summed E-state index contributed by atoms with van der Waals surface area (Å²) in [6.07, 6.45) is -2.93. The van der Waals surface area contributed by atoms with Gasteiger partial charge in [0.1, 0.15) is 6.54 Å². The Morgan fingerprint density at radius 1 is 1.48 bits per heavy atom. The summed E-state index contributed by atoms with van der Waals surface area (Å²) in [5.41, 5.74) is 0. The maximum absolute atomic E-state index is 12.1. The lowest BCUT2D eigenvalue weighted by Crippen LogP contribution is -2.38. The van der Waals surface area contributed by atoms with Crippen LogP contribution < -0.4 is 5.32 Å². The minimum Gasteiger partial charge on any atom is -0.461 e. The number of hydrogen-bond donors (Lipinski definition) is 1. The molecule has 2 aromatic heterocycles. The molecule has 1 amide bonds. The Morgan fingerprint density at radius 2 is 2.22 bits per heavy atom. The molecule has 0 radical (unpaired) electrons. The van der Waals surface area contributed by atoms with E-state index in [9.17, 15) is 18.0 Å². The molecule has 10 heteroatoms. The normalized spacial score (nSPS) is 13.1. The summed E-state index contributed by atoms with van der Waals surface area (Å²) in [6.45, 7) is 2.56. The van der Waals surface area contributed by atoms with Crippen molar-refractivity contribution < 1.29 is 22.4 Å². The lowest BCUT2D eigenvalue weighted by molar-refractivity contribution is -0.137. The van der Waals surface area contributed by atoms with Gasteiger partial charge in [0.25, 0.3) is 0 Å². The minimum absolute atomic E-state index is 0.438. The van der Waals surface area contributed by atoms with Crippen LogP contribution in [0.4, 0.5) is 13.2 Å². The molecule has 126 valence electrons. The molecule has 0 aliphatic rings. The third kappa shape index (κ3) is 4.50. The van der Waals surface area contributed by atoms with Gasteiger partial charge < -0.3 is 9.73 Å². The van der Waals surface area contributed by atoms with Crippen molar-refractivity contribution >= 4 is 17.7 Å². The van der Waals surface area contributed by atoms with Crippen molar-refractivity contribution in [2.24, 2.45) is 0 Å². The number of aromatic nitrogens is 3. The summed E-state index contributed by atoms with van der Waals surface area (Å²) in [5, 5.41) is 9.55. The fourth-order valence-corrected chi connectivity index (χ4v) is 2.73. The first kappa shape index (κ1) is 17.4. The molecule has 1 unspecified atom stereocenters. The average molecular weight is 348 g/mol. The number of halogens is 3. The zero-order valence-electron chi connectivity index (χ0n) is 12.4. The number of furan rings is 1. The van der Waals surface area contributed by atoms with Gasteiger partial charge in [-0.05, 0) is 26.0 Å². The molecule has 1 N–H and O–H groups in total. The molecule has 0 fully saturated rings. The number of rotatable bonds is 6. The first-order valence-electron chi connectivity index (χ1n) is 6.80. The number of nitrogens with one attached hydrogen (secondary N) is 1. The van der Waals surface area contributed by atoms with Crippen LogP contribution in [0.3, 0.4) is 0 Å². The van der Waals surface area contributed by atoms with Crippen LogP contribution in [-0.4, -0.2) is 38.6 Å². The van der Waals surface area contributed by atoms with Crippen LogP contribution in [-0.2, 0) is 11.3 Å². The Bertz CT molecular complexity index is 655. The number of amides is 1. The number of thioether (sulfide) groups is 1. The molecular weight excluding hydrogens is 333 g/mol. The van der Waals surface area contributed by atoms with E-state index in [1.807, 2.05) is 12.2 Å². The molecule has 2 rings (SSSR count). The van der Waals surface area contributed by atoms with E-state index in [1.165, 1.54) is 13.2 Å². The van der Waals surface area contributed by atoms with Gasteiger partial charge in [-0.3, -0.25) is 9.36 Å². The van der Waals surface area contributed by atoms with Crippen LogP contribution in [0.1, 0.15) is 13.8 Å². The summed E-state index contributed by atoms with van der Waals surface area (Å²) < 4.78 is 43.4. The molecule has 2 aromatic rings. The van der Waals surface area contributed by atoms with E-state index in [4.69, 9.17) is 4.42 Å². The average Bonchev–Trinajstić information content (AvgIpc) is 3.12. The summed E-state index contributed by atoms with van der Waals surface area (Å²) >= 11 is 1.04. The second-order valence-corrected chi connectivity index (χ2v) is 5.93. The van der Waals surface area contributed by atoms with Crippen molar-refractivity contribution in [3.05, 3.63) is 18.4 Å². The van der Waals surface area contributed by atoms with Gasteiger partial charge in [-0.25, -0.2) is 0 Å². The molecule has 0 aromatic carbocycles. The SMILES string of the molecule is CCn1c(SC(C)C(=O)NCC(F)(F)F)nnc1-c1ccco1. The first-order valence-corrected chi connectivity index (χ1v) is 7.68. The van der Waals surface area contributed by atoms with Crippen molar-refractivity contribution in [2.75, 3.05) is 6.54 Å². The second kappa shape index (κ2) is 7.07. The summed E-state index contributed by atoms with van der Waals surface area (Å²) in [4.78, 5) is 11.7. The lowest BCUT2D eigenvalue weighted by Gasteiger charge is -2.13. The van der Waals surface area contributed by atoms with Gasteiger partial charge in [-0.15, -0.1) is 10.2 Å². The molecule has 23 heavy (non-hydrogen) atoms. The van der Waals surface area contributed by atoms with Crippen molar-refractivity contribution in [3.8, 4) is 11.6 Å². The predicted octanol–water partition coefficient (Wildman–Crippen LogP) is 2.72. The molecule has 2 heterocycles. The number of nitrogens with zero attached hydrogens (tertiary/aromatic N) is 3. The van der Waals surface area contributed by atoms with E-state index in [0.29, 0.717) is 23.3 Å². The van der Waals surface area contributed by atoms with Gasteiger partial charge >= 0.3 is 6.18 Å². The topological polar surface area (TPSA) is 73.0 Å². The van der Waals surface area contributed by atoms with Crippen molar-refractivity contribution in [2.45, 2.75) is 37.0 Å². The molecular formula is C13H15F3N4O2S. The first-order chi connectivity index (χ1) is 10.8. The molecule has 0 saturated carbocycles. The van der Waals surface area contributed by atoms with Crippen LogP contribution in [0.15, 0.2) is 28.0 Å². The standard InChI is InChI=1S/C13H15F3N4O2S/c1-3-20-10(9-5-4-6-22-9)18-19-12(20)23-8(2)11(21)17-7-13(14,15)16/h4-6,8H,3,7H2,1-2H3,(H,17,21). The van der Waals surface area contributed by atoms with Gasteiger partial charge in [0, 0.05) is 6.54 Å². The van der Waals surface area contributed by atoms with E-state index >= 15 is 0 Å². The highest BCUT2D eigenvalue weighted by Crippen LogP contribution is 2.27. The summed E-state index contributed by atoms with van der Waals surface area (Å²) in [7, 11) is 0. The van der Waals surface area contributed by atoms with Crippen molar-refractivity contribution in [1.29, 1.82) is 0 Å². The van der Waals surface area contributed by atoms with Crippen LogP contribution >= 0.6 is 11.8 Å². The number of carbonyl (C=O) groups is 1. The van der Waals surface area contributed by atoms with E-state index in [2.05, 4.69) is 10.2 Å². The van der Waals surface area contributed by atoms with Gasteiger partial charge in [0.15, 0.2) is 16.7 Å². The minimum atomic E-state index is -4.43. The number of carbonyl (C=O) groups excluding carboxylic acids is 1. The Kier molecular flexibility index (Phi) is 5.34.